The van der Waals surface area contributed by atoms with Gasteiger partial charge in [-0.15, -0.1) is 0 Å². The number of hydrogen-bond donors (Lipinski definition) is 1. The minimum atomic E-state index is -0.396. The zero-order chi connectivity index (χ0) is 20.8. The third kappa shape index (κ3) is 3.11. The summed E-state index contributed by atoms with van der Waals surface area (Å²) in [5.74, 6) is -0.387. The maximum absolute atomic E-state index is 13.2. The number of halogens is 1. The van der Waals surface area contributed by atoms with Crippen molar-refractivity contribution in [2.45, 2.75) is 26.1 Å². The fourth-order valence-electron chi connectivity index (χ4n) is 4.19. The highest BCUT2D eigenvalue weighted by atomic mass is 35.5. The minimum absolute atomic E-state index is 0.152. The summed E-state index contributed by atoms with van der Waals surface area (Å²) < 4.78 is 5.22. The van der Waals surface area contributed by atoms with Crippen molar-refractivity contribution in [3.8, 4) is 0 Å². The van der Waals surface area contributed by atoms with Gasteiger partial charge in [0.25, 0.3) is 17.4 Å². The summed E-state index contributed by atoms with van der Waals surface area (Å²) in [6, 6.07) is 10.9. The molecule has 152 valence electrons. The smallest absolute Gasteiger partial charge is 0.289 e. The van der Waals surface area contributed by atoms with Crippen molar-refractivity contribution in [2.24, 2.45) is 0 Å². The highest BCUT2D eigenvalue weighted by Crippen LogP contribution is 2.27. The van der Waals surface area contributed by atoms with Gasteiger partial charge in [0.05, 0.1) is 0 Å². The maximum atomic E-state index is 13.2. The lowest BCUT2D eigenvalue weighted by atomic mass is 9.96. The topological polar surface area (TPSA) is 86.6 Å². The molecule has 0 unspecified atom stereocenters. The van der Waals surface area contributed by atoms with Gasteiger partial charge in [-0.2, -0.15) is 0 Å². The maximum Gasteiger partial charge on any atom is 0.289 e. The Kier molecular flexibility index (Phi) is 4.47. The number of hydrogen-bond acceptors (Lipinski definition) is 4. The summed E-state index contributed by atoms with van der Waals surface area (Å²) in [4.78, 5) is 44.5. The molecule has 1 N–H and O–H groups in total. The monoisotopic (exact) mass is 423 g/mol. The molecule has 30 heavy (non-hydrogen) atoms. The second-order valence-electron chi connectivity index (χ2n) is 7.51. The quantitative estimate of drug-likeness (QED) is 0.686. The van der Waals surface area contributed by atoms with Crippen LogP contribution < -0.4 is 5.56 Å². The van der Waals surface area contributed by atoms with Gasteiger partial charge in [-0.05, 0) is 52.4 Å². The van der Waals surface area contributed by atoms with Gasteiger partial charge < -0.3 is 19.2 Å². The van der Waals surface area contributed by atoms with Crippen LogP contribution >= 0.6 is 11.6 Å². The van der Waals surface area contributed by atoms with E-state index >= 15 is 0 Å². The number of nitrogens with zero attached hydrogens (tertiary/aromatic N) is 2. The molecule has 0 spiro atoms. The van der Waals surface area contributed by atoms with E-state index in [4.69, 9.17) is 16.0 Å². The van der Waals surface area contributed by atoms with E-state index in [9.17, 15) is 14.4 Å². The number of aromatic amines is 1. The molecule has 2 aromatic heterocycles. The normalized spacial score (nSPS) is 15.1. The van der Waals surface area contributed by atoms with Crippen molar-refractivity contribution in [2.75, 3.05) is 6.54 Å². The summed E-state index contributed by atoms with van der Waals surface area (Å²) in [5.41, 5.74) is 3.44. The summed E-state index contributed by atoms with van der Waals surface area (Å²) in [6.45, 7) is 1.64. The molecular formula is C22H18ClN3O4. The Morgan fingerprint density at radius 1 is 0.933 bits per heavy atom. The third-order valence-electron chi connectivity index (χ3n) is 5.70. The first-order valence-electron chi connectivity index (χ1n) is 9.65. The van der Waals surface area contributed by atoms with Gasteiger partial charge in [0.15, 0.2) is 11.0 Å². The number of aromatic nitrogens is 1. The number of H-pyrrole nitrogens is 1. The summed E-state index contributed by atoms with van der Waals surface area (Å²) in [7, 11) is 0. The lowest BCUT2D eigenvalue weighted by molar-refractivity contribution is 0.0700. The van der Waals surface area contributed by atoms with E-state index < -0.39 is 5.56 Å². The van der Waals surface area contributed by atoms with E-state index in [1.165, 1.54) is 12.1 Å². The van der Waals surface area contributed by atoms with Crippen molar-refractivity contribution < 1.29 is 14.0 Å². The molecule has 7 nitrogen and oxygen atoms in total. The number of nitrogens with one attached hydrogen (secondary N) is 1. The zero-order valence-electron chi connectivity index (χ0n) is 16.0. The fourth-order valence-corrected chi connectivity index (χ4v) is 4.33. The van der Waals surface area contributed by atoms with Crippen LogP contribution in [0.25, 0.3) is 0 Å². The number of furan rings is 1. The van der Waals surface area contributed by atoms with Crippen molar-refractivity contribution in [3.05, 3.63) is 91.7 Å². The molecule has 0 aliphatic carbocycles. The fraction of sp³-hybridized carbons (Fsp3) is 0.227. The predicted molar refractivity (Wildman–Crippen MR) is 109 cm³/mol. The van der Waals surface area contributed by atoms with Crippen LogP contribution in [0.15, 0.2) is 51.8 Å². The van der Waals surface area contributed by atoms with E-state index in [0.29, 0.717) is 31.6 Å². The molecule has 3 aromatic rings. The van der Waals surface area contributed by atoms with E-state index in [1.54, 1.807) is 16.0 Å². The second-order valence-corrected chi connectivity index (χ2v) is 7.88. The van der Waals surface area contributed by atoms with Crippen LogP contribution in [0.5, 0.6) is 0 Å². The molecule has 0 atom stereocenters. The van der Waals surface area contributed by atoms with Crippen LogP contribution in [0.2, 0.25) is 5.22 Å². The van der Waals surface area contributed by atoms with Crippen molar-refractivity contribution in [1.29, 1.82) is 0 Å². The van der Waals surface area contributed by atoms with Crippen molar-refractivity contribution in [3.63, 3.8) is 0 Å². The largest absolute Gasteiger partial charge is 0.440 e. The van der Waals surface area contributed by atoms with Gasteiger partial charge >= 0.3 is 0 Å². The van der Waals surface area contributed by atoms with Gasteiger partial charge in [-0.3, -0.25) is 14.4 Å². The number of fused-ring (bicyclic) bond motifs is 2. The SMILES string of the molecule is O=C(c1ccc(Cl)o1)N1CCc2c(c[nH]c(=O)c2C(=O)N2Cc3ccccc3C2)C1. The molecular weight excluding hydrogens is 406 g/mol. The predicted octanol–water partition coefficient (Wildman–Crippen LogP) is 2.98. The molecule has 2 amide bonds. The molecule has 4 heterocycles. The van der Waals surface area contributed by atoms with Gasteiger partial charge in [-0.25, -0.2) is 0 Å². The first-order chi connectivity index (χ1) is 14.5. The molecule has 2 aliphatic heterocycles. The molecule has 0 saturated carbocycles. The average molecular weight is 424 g/mol. The van der Waals surface area contributed by atoms with Crippen molar-refractivity contribution >= 4 is 23.4 Å². The van der Waals surface area contributed by atoms with Gasteiger partial charge in [0.1, 0.15) is 5.56 Å². The molecule has 0 bridgehead atoms. The van der Waals surface area contributed by atoms with E-state index in [-0.39, 0.29) is 34.9 Å². The van der Waals surface area contributed by atoms with Crippen LogP contribution in [-0.2, 0) is 26.1 Å². The van der Waals surface area contributed by atoms with Crippen molar-refractivity contribution in [1.82, 2.24) is 14.8 Å². The molecule has 0 saturated heterocycles. The van der Waals surface area contributed by atoms with Crippen LogP contribution in [0, 0.1) is 0 Å². The summed E-state index contributed by atoms with van der Waals surface area (Å²) in [6.07, 6.45) is 2.00. The van der Waals surface area contributed by atoms with Crippen LogP contribution in [-0.4, -0.2) is 33.1 Å². The van der Waals surface area contributed by atoms with Crippen LogP contribution in [0.4, 0.5) is 0 Å². The number of amides is 2. The van der Waals surface area contributed by atoms with Crippen LogP contribution in [0.3, 0.4) is 0 Å². The van der Waals surface area contributed by atoms with Crippen LogP contribution in [0.1, 0.15) is 43.2 Å². The molecule has 0 fully saturated rings. The Morgan fingerprint density at radius 2 is 1.63 bits per heavy atom. The second kappa shape index (κ2) is 7.18. The molecule has 1 aromatic carbocycles. The van der Waals surface area contributed by atoms with E-state index in [2.05, 4.69) is 4.98 Å². The van der Waals surface area contributed by atoms with E-state index in [0.717, 1.165) is 16.7 Å². The first kappa shape index (κ1) is 18.7. The van der Waals surface area contributed by atoms with E-state index in [1.807, 2.05) is 24.3 Å². The lowest BCUT2D eigenvalue weighted by Gasteiger charge is -2.29. The summed E-state index contributed by atoms with van der Waals surface area (Å²) >= 11 is 5.77. The number of pyridine rings is 1. The van der Waals surface area contributed by atoms with Gasteiger partial charge in [0.2, 0.25) is 0 Å². The lowest BCUT2D eigenvalue weighted by Crippen LogP contribution is -2.39. The van der Waals surface area contributed by atoms with Gasteiger partial charge in [0, 0.05) is 32.4 Å². The van der Waals surface area contributed by atoms with Gasteiger partial charge in [-0.1, -0.05) is 24.3 Å². The summed E-state index contributed by atoms with van der Waals surface area (Å²) in [5, 5.41) is 0.152. The third-order valence-corrected chi connectivity index (χ3v) is 5.90. The Balaban J connectivity index is 1.42. The molecule has 8 heteroatoms. The highest BCUT2D eigenvalue weighted by Gasteiger charge is 2.32. The number of carbonyl (C=O) groups excluding carboxylic acids is 2. The number of carbonyl (C=O) groups is 2. The molecule has 5 rings (SSSR count). The minimum Gasteiger partial charge on any atom is -0.440 e. The number of benzene rings is 1. The average Bonchev–Trinajstić information content (AvgIpc) is 3.38. The Hall–Kier alpha value is -3.32. The molecule has 0 radical (unpaired) electrons. The Morgan fingerprint density at radius 3 is 2.30 bits per heavy atom. The molecule has 2 aliphatic rings. The Labute approximate surface area is 176 Å². The number of rotatable bonds is 2. The Bertz CT molecular complexity index is 1200. The first-order valence-corrected chi connectivity index (χ1v) is 10.0. The highest BCUT2D eigenvalue weighted by molar-refractivity contribution is 6.29. The standard InChI is InChI=1S/C22H18ClN3O4/c23-18-6-5-17(30-18)21(28)25-8-7-16-15(12-25)9-24-20(27)19(16)22(29)26-10-13-3-1-2-4-14(13)11-26/h1-6,9H,7-8,10-12H2,(H,24,27). The zero-order valence-corrected chi connectivity index (χ0v) is 16.7.